The van der Waals surface area contributed by atoms with E-state index in [4.69, 9.17) is 20.9 Å². The van der Waals surface area contributed by atoms with E-state index in [-0.39, 0.29) is 5.56 Å². The summed E-state index contributed by atoms with van der Waals surface area (Å²) in [6, 6.07) is 16.1. The first-order valence-electron chi connectivity index (χ1n) is 9.16. The van der Waals surface area contributed by atoms with Crippen LogP contribution in [0.15, 0.2) is 69.1 Å². The maximum absolute atomic E-state index is 12.0. The summed E-state index contributed by atoms with van der Waals surface area (Å²) >= 11 is 7.34. The van der Waals surface area contributed by atoms with E-state index < -0.39 is 0 Å². The van der Waals surface area contributed by atoms with Crippen molar-refractivity contribution in [3.05, 3.63) is 75.9 Å². The summed E-state index contributed by atoms with van der Waals surface area (Å²) in [5.74, 6) is 2.00. The number of H-pyrrole nitrogens is 1. The van der Waals surface area contributed by atoms with Crippen molar-refractivity contribution in [2.75, 3.05) is 6.61 Å². The second-order valence-corrected chi connectivity index (χ2v) is 7.61. The van der Waals surface area contributed by atoms with Crippen LogP contribution in [0.25, 0.3) is 22.6 Å². The molecular weight excluding hydrogens is 424 g/mol. The van der Waals surface area contributed by atoms with Crippen molar-refractivity contribution < 1.29 is 9.26 Å². The Hall–Kier alpha value is -3.10. The second-order valence-electron chi connectivity index (χ2n) is 6.21. The number of nitrogens with zero attached hydrogens (tertiary/aromatic N) is 3. The predicted octanol–water partition coefficient (Wildman–Crippen LogP) is 4.83. The number of hydrogen-bond donors (Lipinski definition) is 1. The van der Waals surface area contributed by atoms with E-state index in [0.29, 0.717) is 39.9 Å². The summed E-state index contributed by atoms with van der Waals surface area (Å²) < 4.78 is 10.8. The number of aromatic amines is 1. The van der Waals surface area contributed by atoms with Crippen LogP contribution in [0.4, 0.5) is 0 Å². The highest BCUT2D eigenvalue weighted by Crippen LogP contribution is 2.25. The third kappa shape index (κ3) is 4.90. The Morgan fingerprint density at radius 1 is 1.10 bits per heavy atom. The molecule has 0 saturated heterocycles. The zero-order valence-electron chi connectivity index (χ0n) is 16.0. The van der Waals surface area contributed by atoms with Gasteiger partial charge in [0.2, 0.25) is 11.7 Å². The normalized spacial score (nSPS) is 10.9. The van der Waals surface area contributed by atoms with Gasteiger partial charge in [0.15, 0.2) is 5.16 Å². The topological polar surface area (TPSA) is 93.9 Å². The van der Waals surface area contributed by atoms with Crippen LogP contribution < -0.4 is 10.3 Å². The molecule has 30 heavy (non-hydrogen) atoms. The molecule has 4 rings (SSSR count). The highest BCUT2D eigenvalue weighted by atomic mass is 35.5. The molecule has 0 aliphatic heterocycles. The van der Waals surface area contributed by atoms with Crippen molar-refractivity contribution in [3.63, 3.8) is 0 Å². The van der Waals surface area contributed by atoms with E-state index in [1.165, 1.54) is 17.8 Å². The monoisotopic (exact) mass is 440 g/mol. The van der Waals surface area contributed by atoms with Crippen LogP contribution in [-0.2, 0) is 5.75 Å². The number of rotatable bonds is 7. The Bertz CT molecular complexity index is 1220. The molecule has 2 aromatic heterocycles. The maximum Gasteiger partial charge on any atom is 0.252 e. The molecule has 1 N–H and O–H groups in total. The summed E-state index contributed by atoms with van der Waals surface area (Å²) in [7, 11) is 0. The van der Waals surface area contributed by atoms with E-state index in [2.05, 4.69) is 20.1 Å². The fraction of sp³-hybridized carbons (Fsp3) is 0.143. The standard InChI is InChI=1S/C21H17ClN4O3S/c1-2-28-16-8-4-6-14(10-16)20-25-19(29-26-20)12-30-21-23-17(11-18(27)24-21)13-5-3-7-15(22)9-13/h3-11H,2,12H2,1H3,(H,23,24,27). The van der Waals surface area contributed by atoms with Gasteiger partial charge in [-0.2, -0.15) is 4.98 Å². The number of ether oxygens (including phenoxy) is 1. The first kappa shape index (κ1) is 20.2. The molecule has 0 atom stereocenters. The van der Waals surface area contributed by atoms with Gasteiger partial charge in [0.25, 0.3) is 5.56 Å². The van der Waals surface area contributed by atoms with Crippen molar-refractivity contribution in [2.24, 2.45) is 0 Å². The quantitative estimate of drug-likeness (QED) is 0.325. The van der Waals surface area contributed by atoms with Crippen molar-refractivity contribution in [1.29, 1.82) is 0 Å². The predicted molar refractivity (Wildman–Crippen MR) is 116 cm³/mol. The Labute approximate surface area is 181 Å². The number of benzene rings is 2. The van der Waals surface area contributed by atoms with E-state index in [1.54, 1.807) is 12.1 Å². The van der Waals surface area contributed by atoms with Crippen molar-refractivity contribution >= 4 is 23.4 Å². The molecule has 0 amide bonds. The lowest BCUT2D eigenvalue weighted by Crippen LogP contribution is -2.08. The van der Waals surface area contributed by atoms with Crippen molar-refractivity contribution in [2.45, 2.75) is 17.8 Å². The molecule has 0 aliphatic rings. The minimum absolute atomic E-state index is 0.249. The Kier molecular flexibility index (Phi) is 6.15. The zero-order chi connectivity index (χ0) is 20.9. The van der Waals surface area contributed by atoms with Gasteiger partial charge in [0.05, 0.1) is 18.1 Å². The summed E-state index contributed by atoms with van der Waals surface area (Å²) in [5, 5.41) is 5.06. The maximum atomic E-state index is 12.0. The lowest BCUT2D eigenvalue weighted by Gasteiger charge is -2.04. The van der Waals surface area contributed by atoms with Crippen LogP contribution in [0, 0.1) is 0 Å². The fourth-order valence-corrected chi connectivity index (χ4v) is 3.66. The number of halogens is 1. The summed E-state index contributed by atoms with van der Waals surface area (Å²) in [6.07, 6.45) is 0. The average Bonchev–Trinajstić information content (AvgIpc) is 3.22. The number of aromatic nitrogens is 4. The van der Waals surface area contributed by atoms with E-state index in [0.717, 1.165) is 16.9 Å². The lowest BCUT2D eigenvalue weighted by atomic mass is 10.1. The third-order valence-electron chi connectivity index (χ3n) is 4.04. The molecule has 0 radical (unpaired) electrons. The molecule has 0 spiro atoms. The number of nitrogens with one attached hydrogen (secondary N) is 1. The van der Waals surface area contributed by atoms with E-state index in [9.17, 15) is 4.79 Å². The second kappa shape index (κ2) is 9.15. The van der Waals surface area contributed by atoms with Gasteiger partial charge in [0.1, 0.15) is 5.75 Å². The zero-order valence-corrected chi connectivity index (χ0v) is 17.5. The van der Waals surface area contributed by atoms with E-state index >= 15 is 0 Å². The minimum atomic E-state index is -0.249. The van der Waals surface area contributed by atoms with Crippen LogP contribution in [-0.4, -0.2) is 26.7 Å². The molecular formula is C21H17ClN4O3S. The van der Waals surface area contributed by atoms with Gasteiger partial charge in [-0.3, -0.25) is 4.79 Å². The van der Waals surface area contributed by atoms with E-state index in [1.807, 2.05) is 43.3 Å². The number of thioether (sulfide) groups is 1. The summed E-state index contributed by atoms with van der Waals surface area (Å²) in [4.78, 5) is 23.7. The molecule has 2 heterocycles. The van der Waals surface area contributed by atoms with Crippen molar-refractivity contribution in [1.82, 2.24) is 20.1 Å². The van der Waals surface area contributed by atoms with Gasteiger partial charge in [-0.1, -0.05) is 52.8 Å². The van der Waals surface area contributed by atoms with Crippen LogP contribution in [0.1, 0.15) is 12.8 Å². The molecule has 152 valence electrons. The van der Waals surface area contributed by atoms with Gasteiger partial charge in [-0.25, -0.2) is 4.98 Å². The lowest BCUT2D eigenvalue weighted by molar-refractivity contribution is 0.340. The van der Waals surface area contributed by atoms with Gasteiger partial charge in [0, 0.05) is 22.2 Å². The first-order chi connectivity index (χ1) is 14.6. The highest BCUT2D eigenvalue weighted by molar-refractivity contribution is 7.98. The smallest absolute Gasteiger partial charge is 0.252 e. The molecule has 0 unspecified atom stereocenters. The molecule has 0 fully saturated rings. The molecule has 4 aromatic rings. The molecule has 0 saturated carbocycles. The van der Waals surface area contributed by atoms with Crippen LogP contribution in [0.2, 0.25) is 5.02 Å². The molecule has 2 aromatic carbocycles. The summed E-state index contributed by atoms with van der Waals surface area (Å²) in [5.41, 5.74) is 1.87. The van der Waals surface area contributed by atoms with Gasteiger partial charge >= 0.3 is 0 Å². The van der Waals surface area contributed by atoms with Crippen LogP contribution in [0.5, 0.6) is 5.75 Å². The molecule has 7 nitrogen and oxygen atoms in total. The van der Waals surface area contributed by atoms with Gasteiger partial charge in [-0.15, -0.1) is 0 Å². The fourth-order valence-electron chi connectivity index (χ4n) is 2.75. The third-order valence-corrected chi connectivity index (χ3v) is 5.14. The SMILES string of the molecule is CCOc1cccc(-c2noc(CSc3nc(-c4cccc(Cl)c4)cc(=O)[nH]3)n2)c1. The Morgan fingerprint density at radius 2 is 1.93 bits per heavy atom. The molecule has 0 aliphatic carbocycles. The van der Waals surface area contributed by atoms with Gasteiger partial charge in [-0.05, 0) is 31.2 Å². The largest absolute Gasteiger partial charge is 0.494 e. The average molecular weight is 441 g/mol. The van der Waals surface area contributed by atoms with Crippen molar-refractivity contribution in [3.8, 4) is 28.4 Å². The van der Waals surface area contributed by atoms with Crippen LogP contribution in [0.3, 0.4) is 0 Å². The van der Waals surface area contributed by atoms with Crippen LogP contribution >= 0.6 is 23.4 Å². The van der Waals surface area contributed by atoms with Gasteiger partial charge < -0.3 is 14.2 Å². The number of hydrogen-bond acceptors (Lipinski definition) is 7. The molecule has 9 heteroatoms. The minimum Gasteiger partial charge on any atom is -0.494 e. The highest BCUT2D eigenvalue weighted by Gasteiger charge is 2.12. The Morgan fingerprint density at radius 3 is 2.77 bits per heavy atom. The molecule has 0 bridgehead atoms. The Balaban J connectivity index is 1.49. The summed E-state index contributed by atoms with van der Waals surface area (Å²) in [6.45, 7) is 2.51. The first-order valence-corrected chi connectivity index (χ1v) is 10.5.